The molecule has 0 aliphatic carbocycles. The van der Waals surface area contributed by atoms with Crippen molar-refractivity contribution in [1.82, 2.24) is 10.2 Å². The summed E-state index contributed by atoms with van der Waals surface area (Å²) in [5, 5.41) is 2.63. The Morgan fingerprint density at radius 2 is 1.49 bits per heavy atom. The van der Waals surface area contributed by atoms with Crippen LogP contribution >= 0.6 is 15.9 Å². The predicted octanol–water partition coefficient (Wildman–Crippen LogP) is 5.17. The lowest BCUT2D eigenvalue weighted by Gasteiger charge is -2.33. The van der Waals surface area contributed by atoms with Crippen molar-refractivity contribution in [3.63, 3.8) is 0 Å². The van der Waals surface area contributed by atoms with Gasteiger partial charge in [-0.1, -0.05) is 82.7 Å². The maximum atomic E-state index is 14.2. The summed E-state index contributed by atoms with van der Waals surface area (Å²) in [4.78, 5) is 28.8. The van der Waals surface area contributed by atoms with Crippen LogP contribution in [0.3, 0.4) is 0 Å². The van der Waals surface area contributed by atoms with Crippen molar-refractivity contribution in [3.8, 4) is 0 Å². The normalized spacial score (nSPS) is 11.9. The van der Waals surface area contributed by atoms with E-state index >= 15 is 0 Å². The van der Waals surface area contributed by atoms with Gasteiger partial charge in [-0.25, -0.2) is 12.8 Å². The summed E-state index contributed by atoms with van der Waals surface area (Å²) in [5.74, 6) is -1.45. The van der Waals surface area contributed by atoms with E-state index in [1.54, 1.807) is 42.5 Å². The van der Waals surface area contributed by atoms with Gasteiger partial charge in [0.05, 0.1) is 10.6 Å². The Morgan fingerprint density at radius 3 is 2.10 bits per heavy atom. The molecule has 0 fully saturated rings. The Balaban J connectivity index is 1.78. The molecule has 1 N–H and O–H groups in total. The molecular formula is C31H29BrFN3O4S. The van der Waals surface area contributed by atoms with Crippen molar-refractivity contribution in [2.24, 2.45) is 0 Å². The van der Waals surface area contributed by atoms with Crippen molar-refractivity contribution in [2.45, 2.75) is 23.9 Å². The van der Waals surface area contributed by atoms with E-state index in [-0.39, 0.29) is 23.5 Å². The van der Waals surface area contributed by atoms with Gasteiger partial charge in [-0.2, -0.15) is 0 Å². The molecule has 0 saturated carbocycles. The van der Waals surface area contributed by atoms with Gasteiger partial charge in [-0.3, -0.25) is 13.9 Å². The number of sulfonamides is 1. The number of hydrogen-bond acceptors (Lipinski definition) is 4. The topological polar surface area (TPSA) is 86.8 Å². The first-order chi connectivity index (χ1) is 19.7. The fraction of sp³-hybridized carbons (Fsp3) is 0.161. The number of benzene rings is 4. The number of hydrogen-bond donors (Lipinski definition) is 1. The number of nitrogens with one attached hydrogen (secondary N) is 1. The van der Waals surface area contributed by atoms with Gasteiger partial charge in [0.1, 0.15) is 18.4 Å². The molecule has 0 saturated heterocycles. The highest BCUT2D eigenvalue weighted by Gasteiger charge is 2.34. The van der Waals surface area contributed by atoms with Crippen LogP contribution in [-0.4, -0.2) is 44.8 Å². The first-order valence-corrected chi connectivity index (χ1v) is 15.0. The second kappa shape index (κ2) is 13.6. The van der Waals surface area contributed by atoms with Crippen molar-refractivity contribution >= 4 is 43.5 Å². The molecule has 0 aliphatic rings. The van der Waals surface area contributed by atoms with E-state index in [2.05, 4.69) is 21.2 Å². The van der Waals surface area contributed by atoms with E-state index < -0.39 is 40.2 Å². The smallest absolute Gasteiger partial charge is 0.264 e. The summed E-state index contributed by atoms with van der Waals surface area (Å²) in [6, 6.07) is 28.4. The van der Waals surface area contributed by atoms with Gasteiger partial charge in [-0.15, -0.1) is 0 Å². The third kappa shape index (κ3) is 7.59. The summed E-state index contributed by atoms with van der Waals surface area (Å²) >= 11 is 3.39. The van der Waals surface area contributed by atoms with E-state index in [9.17, 15) is 22.4 Å². The Kier molecular flexibility index (Phi) is 9.91. The van der Waals surface area contributed by atoms with Gasteiger partial charge in [0.15, 0.2) is 0 Å². The largest absolute Gasteiger partial charge is 0.357 e. The second-order valence-corrected chi connectivity index (χ2v) is 12.1. The lowest BCUT2D eigenvalue weighted by atomic mass is 10.0. The minimum absolute atomic E-state index is 0.0185. The van der Waals surface area contributed by atoms with E-state index in [4.69, 9.17) is 0 Å². The summed E-state index contributed by atoms with van der Waals surface area (Å²) in [6.07, 6.45) is 0.190. The van der Waals surface area contributed by atoms with Crippen molar-refractivity contribution < 1.29 is 22.4 Å². The first-order valence-electron chi connectivity index (χ1n) is 12.8. The molecule has 212 valence electrons. The maximum Gasteiger partial charge on any atom is 0.264 e. The van der Waals surface area contributed by atoms with Gasteiger partial charge in [0, 0.05) is 24.5 Å². The average molecular weight is 639 g/mol. The Labute approximate surface area is 247 Å². The highest BCUT2D eigenvalue weighted by atomic mass is 79.9. The molecule has 0 spiro atoms. The fourth-order valence-corrected chi connectivity index (χ4v) is 6.20. The molecule has 0 unspecified atom stereocenters. The van der Waals surface area contributed by atoms with Gasteiger partial charge in [0.2, 0.25) is 11.8 Å². The van der Waals surface area contributed by atoms with Crippen LogP contribution in [0.5, 0.6) is 0 Å². The zero-order chi connectivity index (χ0) is 29.4. The van der Waals surface area contributed by atoms with Gasteiger partial charge in [0.25, 0.3) is 10.0 Å². The van der Waals surface area contributed by atoms with Gasteiger partial charge >= 0.3 is 0 Å². The molecule has 4 rings (SSSR count). The molecule has 4 aromatic carbocycles. The van der Waals surface area contributed by atoms with Crippen molar-refractivity contribution in [2.75, 3.05) is 17.9 Å². The monoisotopic (exact) mass is 637 g/mol. The molecule has 7 nitrogen and oxygen atoms in total. The first kappa shape index (κ1) is 30.0. The maximum absolute atomic E-state index is 14.2. The molecule has 0 bridgehead atoms. The minimum Gasteiger partial charge on any atom is -0.357 e. The minimum atomic E-state index is -4.17. The van der Waals surface area contributed by atoms with E-state index in [0.29, 0.717) is 10.0 Å². The Morgan fingerprint density at radius 1 is 0.854 bits per heavy atom. The van der Waals surface area contributed by atoms with Crippen LogP contribution in [0.2, 0.25) is 0 Å². The molecule has 10 heteroatoms. The fourth-order valence-electron chi connectivity index (χ4n) is 4.39. The Hall–Kier alpha value is -4.02. The van der Waals surface area contributed by atoms with Crippen LogP contribution in [0.1, 0.15) is 11.1 Å². The number of nitrogens with zero attached hydrogens (tertiary/aromatic N) is 2. The Bertz CT molecular complexity index is 1590. The molecular weight excluding hydrogens is 609 g/mol. The van der Waals surface area contributed by atoms with Crippen LogP contribution < -0.4 is 9.62 Å². The number of amides is 2. The second-order valence-electron chi connectivity index (χ2n) is 9.27. The van der Waals surface area contributed by atoms with E-state index in [0.717, 1.165) is 9.87 Å². The van der Waals surface area contributed by atoms with Crippen LogP contribution in [0.15, 0.2) is 119 Å². The highest BCUT2D eigenvalue weighted by molar-refractivity contribution is 9.10. The zero-order valence-electron chi connectivity index (χ0n) is 22.3. The molecule has 0 heterocycles. The van der Waals surface area contributed by atoms with Crippen molar-refractivity contribution in [1.29, 1.82) is 0 Å². The summed E-state index contributed by atoms with van der Waals surface area (Å²) in [6.45, 7) is -0.612. The molecule has 0 radical (unpaired) electrons. The molecule has 0 aromatic heterocycles. The number of carbonyl (C=O) groups is 2. The zero-order valence-corrected chi connectivity index (χ0v) is 24.7. The van der Waals surface area contributed by atoms with Crippen LogP contribution in [-0.2, 0) is 32.6 Å². The lowest BCUT2D eigenvalue weighted by Crippen LogP contribution is -2.53. The molecule has 41 heavy (non-hydrogen) atoms. The number of anilines is 1. The summed E-state index contributed by atoms with van der Waals surface area (Å²) in [7, 11) is -2.69. The number of halogens is 2. The molecule has 4 aromatic rings. The third-order valence-corrected chi connectivity index (χ3v) is 8.77. The number of carbonyl (C=O) groups excluding carboxylic acids is 2. The highest BCUT2D eigenvalue weighted by Crippen LogP contribution is 2.27. The molecule has 2 amide bonds. The van der Waals surface area contributed by atoms with E-state index in [1.165, 1.54) is 48.3 Å². The molecule has 1 atom stereocenters. The standard InChI is InChI=1S/C31H29BrFN3O4S/c1-34-31(38)29(19-23-9-4-2-5-10-23)35(21-24-15-17-26(33)18-16-24)30(37)22-36(27-12-8-11-25(32)20-27)41(39,40)28-13-6-3-7-14-28/h2-18,20,29H,19,21-22H2,1H3,(H,34,38)/t29-/m1/s1. The van der Waals surface area contributed by atoms with Gasteiger partial charge in [-0.05, 0) is 53.6 Å². The van der Waals surface area contributed by atoms with Crippen LogP contribution in [0.25, 0.3) is 0 Å². The van der Waals surface area contributed by atoms with Crippen molar-refractivity contribution in [3.05, 3.63) is 131 Å². The number of rotatable bonds is 11. The SMILES string of the molecule is CNC(=O)[C@@H](Cc1ccccc1)N(Cc1ccc(F)cc1)C(=O)CN(c1cccc(Br)c1)S(=O)(=O)c1ccccc1. The summed E-state index contributed by atoms with van der Waals surface area (Å²) in [5.41, 5.74) is 1.68. The average Bonchev–Trinajstić information content (AvgIpc) is 2.99. The quantitative estimate of drug-likeness (QED) is 0.246. The lowest BCUT2D eigenvalue weighted by molar-refractivity contribution is -0.139. The predicted molar refractivity (Wildman–Crippen MR) is 160 cm³/mol. The third-order valence-electron chi connectivity index (χ3n) is 6.49. The summed E-state index contributed by atoms with van der Waals surface area (Å²) < 4.78 is 43.1. The van der Waals surface area contributed by atoms with Crippen LogP contribution in [0.4, 0.5) is 10.1 Å². The van der Waals surface area contributed by atoms with Gasteiger partial charge < -0.3 is 10.2 Å². The van der Waals surface area contributed by atoms with Crippen LogP contribution in [0, 0.1) is 5.82 Å². The molecule has 0 aliphatic heterocycles. The number of likely N-dealkylation sites (N-methyl/N-ethyl adjacent to an activating group) is 1. The van der Waals surface area contributed by atoms with E-state index in [1.807, 2.05) is 30.3 Å².